The van der Waals surface area contributed by atoms with Gasteiger partial charge in [0, 0.05) is 55.7 Å². The molecule has 0 amide bonds. The van der Waals surface area contributed by atoms with Crippen LogP contribution in [-0.4, -0.2) is 60.8 Å². The highest BCUT2D eigenvalue weighted by molar-refractivity contribution is 7.88. The predicted molar refractivity (Wildman–Crippen MR) is 180 cm³/mol. The number of nitrogen functional groups attached to an aromatic ring is 1. The lowest BCUT2D eigenvalue weighted by molar-refractivity contribution is 0.0702. The number of carbonyl (C=O) groups is 1. The third kappa shape index (κ3) is 6.14. The van der Waals surface area contributed by atoms with Gasteiger partial charge in [-0.1, -0.05) is 30.3 Å². The highest BCUT2D eigenvalue weighted by atomic mass is 35.5. The third-order valence-corrected chi connectivity index (χ3v) is 10.3. The van der Waals surface area contributed by atoms with Crippen molar-refractivity contribution in [1.29, 1.82) is 0 Å². The molecule has 1 aliphatic rings. The van der Waals surface area contributed by atoms with Gasteiger partial charge in [-0.15, -0.1) is 23.7 Å². The molecular formula is C32H33ClN4O5S2. The third-order valence-electron chi connectivity index (χ3n) is 7.82. The molecule has 230 valence electrons. The Hall–Kier alpha value is -4.03. The van der Waals surface area contributed by atoms with E-state index in [0.717, 1.165) is 43.9 Å². The van der Waals surface area contributed by atoms with E-state index >= 15 is 0 Å². The summed E-state index contributed by atoms with van der Waals surface area (Å²) in [6, 6.07) is 25.4. The van der Waals surface area contributed by atoms with Crippen LogP contribution in [0.15, 0.2) is 78.9 Å². The SMILES string of the molecule is Cl.Cn1c(-c2ccc(OCc3cc(N)ccc3N3CCN(S(C)(=O)=O)CC3)cc2)c(-c2ccccc2)c2sc(C(=O)O)cc21. The quantitative estimate of drug-likeness (QED) is 0.199. The van der Waals surface area contributed by atoms with Gasteiger partial charge in [-0.3, -0.25) is 0 Å². The van der Waals surface area contributed by atoms with Crippen molar-refractivity contribution in [1.82, 2.24) is 8.87 Å². The Morgan fingerprint density at radius 1 is 0.955 bits per heavy atom. The van der Waals surface area contributed by atoms with Crippen LogP contribution < -0.4 is 15.4 Å². The first-order chi connectivity index (χ1) is 20.6. The first-order valence-electron chi connectivity index (χ1n) is 13.8. The van der Waals surface area contributed by atoms with Crippen molar-refractivity contribution in [3.05, 3.63) is 89.3 Å². The Morgan fingerprint density at radius 3 is 2.27 bits per heavy atom. The summed E-state index contributed by atoms with van der Waals surface area (Å²) >= 11 is 1.29. The minimum Gasteiger partial charge on any atom is -0.489 e. The first-order valence-corrected chi connectivity index (χ1v) is 16.5. The van der Waals surface area contributed by atoms with Crippen LogP contribution in [0.25, 0.3) is 32.6 Å². The number of piperazine rings is 1. The number of anilines is 2. The molecule has 3 aromatic carbocycles. The number of benzene rings is 3. The molecular weight excluding hydrogens is 620 g/mol. The van der Waals surface area contributed by atoms with Crippen LogP contribution >= 0.6 is 23.7 Å². The number of fused-ring (bicyclic) bond motifs is 1. The van der Waals surface area contributed by atoms with E-state index in [9.17, 15) is 18.3 Å². The number of hydrogen-bond acceptors (Lipinski definition) is 7. The number of carboxylic acids is 1. The number of halogens is 1. The monoisotopic (exact) mass is 652 g/mol. The highest BCUT2D eigenvalue weighted by Crippen LogP contribution is 2.44. The van der Waals surface area contributed by atoms with Gasteiger partial charge in [0.2, 0.25) is 10.0 Å². The lowest BCUT2D eigenvalue weighted by atomic mass is 10.0. The summed E-state index contributed by atoms with van der Waals surface area (Å²) in [5.74, 6) is -0.229. The van der Waals surface area contributed by atoms with Crippen LogP contribution in [-0.2, 0) is 23.7 Å². The first kappa shape index (κ1) is 31.4. The molecule has 0 atom stereocenters. The molecule has 5 aromatic rings. The van der Waals surface area contributed by atoms with Crippen LogP contribution in [0.4, 0.5) is 11.4 Å². The van der Waals surface area contributed by atoms with E-state index < -0.39 is 16.0 Å². The minimum absolute atomic E-state index is 0. The molecule has 0 spiro atoms. The Balaban J connectivity index is 0.00000384. The number of nitrogens with zero attached hydrogens (tertiary/aromatic N) is 3. The average Bonchev–Trinajstić information content (AvgIpc) is 3.55. The van der Waals surface area contributed by atoms with Gasteiger partial charge in [0.15, 0.2) is 0 Å². The molecule has 0 bridgehead atoms. The maximum absolute atomic E-state index is 11.9. The van der Waals surface area contributed by atoms with E-state index in [1.54, 1.807) is 6.07 Å². The topological polar surface area (TPSA) is 118 Å². The van der Waals surface area contributed by atoms with Crippen molar-refractivity contribution in [2.24, 2.45) is 7.05 Å². The fourth-order valence-electron chi connectivity index (χ4n) is 5.68. The van der Waals surface area contributed by atoms with Crippen molar-refractivity contribution in [3.63, 3.8) is 0 Å². The molecule has 0 saturated carbocycles. The second-order valence-corrected chi connectivity index (χ2v) is 13.7. The molecule has 3 N–H and O–H groups in total. The van der Waals surface area contributed by atoms with Crippen LogP contribution in [0.1, 0.15) is 15.2 Å². The van der Waals surface area contributed by atoms with Gasteiger partial charge in [0.1, 0.15) is 17.2 Å². The van der Waals surface area contributed by atoms with E-state index in [-0.39, 0.29) is 12.4 Å². The predicted octanol–water partition coefficient (Wildman–Crippen LogP) is 5.94. The van der Waals surface area contributed by atoms with Crippen LogP contribution in [0.3, 0.4) is 0 Å². The summed E-state index contributed by atoms with van der Waals surface area (Å²) in [6.07, 6.45) is 1.24. The maximum Gasteiger partial charge on any atom is 0.345 e. The normalized spacial score (nSPS) is 14.0. The Morgan fingerprint density at radius 2 is 1.64 bits per heavy atom. The summed E-state index contributed by atoms with van der Waals surface area (Å²) in [5, 5.41) is 9.61. The largest absolute Gasteiger partial charge is 0.489 e. The van der Waals surface area contributed by atoms with Crippen LogP contribution in [0, 0.1) is 0 Å². The van der Waals surface area contributed by atoms with Crippen molar-refractivity contribution >= 4 is 61.3 Å². The zero-order chi connectivity index (χ0) is 30.3. The molecule has 2 aromatic heterocycles. The maximum atomic E-state index is 11.9. The molecule has 9 nitrogen and oxygen atoms in total. The summed E-state index contributed by atoms with van der Waals surface area (Å²) in [4.78, 5) is 14.2. The molecule has 44 heavy (non-hydrogen) atoms. The van der Waals surface area contributed by atoms with Crippen LogP contribution in [0.2, 0.25) is 0 Å². The standard InChI is InChI=1S/C32H32N4O5S2.ClH/c1-34-27-19-28(32(37)38)42-31(27)29(21-6-4-3-5-7-21)30(34)22-8-11-25(12-9-22)41-20-23-18-24(33)10-13-26(23)35-14-16-36(17-15-35)43(2,39)40;/h3-13,18-19H,14-17,20,33H2,1-2H3,(H,37,38);1H. The van der Waals surface area contributed by atoms with Crippen LogP contribution in [0.5, 0.6) is 5.75 Å². The van der Waals surface area contributed by atoms with Gasteiger partial charge in [-0.2, -0.15) is 4.31 Å². The van der Waals surface area contributed by atoms with E-state index in [4.69, 9.17) is 10.5 Å². The van der Waals surface area contributed by atoms with Crippen molar-refractivity contribution in [2.45, 2.75) is 6.61 Å². The Bertz CT molecular complexity index is 1910. The second kappa shape index (κ2) is 12.5. The number of aromatic carboxylic acids is 1. The Kier molecular flexibility index (Phi) is 8.94. The smallest absolute Gasteiger partial charge is 0.345 e. The zero-order valence-electron chi connectivity index (χ0n) is 24.3. The fraction of sp³-hybridized carbons (Fsp3) is 0.219. The summed E-state index contributed by atoms with van der Waals surface area (Å²) in [6.45, 7) is 2.35. The number of nitrogens with two attached hydrogens (primary N) is 1. The second-order valence-electron chi connectivity index (χ2n) is 10.6. The summed E-state index contributed by atoms with van der Waals surface area (Å²) in [7, 11) is -1.25. The molecule has 1 aliphatic heterocycles. The Labute approximate surface area is 266 Å². The zero-order valence-corrected chi connectivity index (χ0v) is 26.7. The fourth-order valence-corrected chi connectivity index (χ4v) is 7.60. The molecule has 1 saturated heterocycles. The van der Waals surface area contributed by atoms with Gasteiger partial charge < -0.3 is 25.0 Å². The summed E-state index contributed by atoms with van der Waals surface area (Å²) < 4.78 is 34.6. The number of carboxylic acid groups (broad SMARTS) is 1. The number of rotatable bonds is 8. The number of thiophene rings is 1. The number of hydrogen-bond donors (Lipinski definition) is 2. The van der Waals surface area contributed by atoms with Crippen molar-refractivity contribution in [2.75, 3.05) is 43.1 Å². The lowest BCUT2D eigenvalue weighted by Crippen LogP contribution is -2.48. The number of aryl methyl sites for hydroxylation is 1. The van der Waals surface area contributed by atoms with Gasteiger partial charge in [0.05, 0.1) is 22.2 Å². The van der Waals surface area contributed by atoms with E-state index in [2.05, 4.69) is 9.47 Å². The number of ether oxygens (including phenoxy) is 1. The molecule has 1 fully saturated rings. The molecule has 6 rings (SSSR count). The molecule has 3 heterocycles. The molecule has 0 unspecified atom stereocenters. The number of sulfonamides is 1. The van der Waals surface area contributed by atoms with Gasteiger partial charge in [0.25, 0.3) is 0 Å². The molecule has 12 heteroatoms. The van der Waals surface area contributed by atoms with Crippen molar-refractivity contribution < 1.29 is 23.1 Å². The van der Waals surface area contributed by atoms with Gasteiger partial charge in [-0.25, -0.2) is 13.2 Å². The van der Waals surface area contributed by atoms with E-state index in [0.29, 0.717) is 49.1 Å². The lowest BCUT2D eigenvalue weighted by Gasteiger charge is -2.35. The minimum atomic E-state index is -3.21. The van der Waals surface area contributed by atoms with Gasteiger partial charge in [-0.05, 0) is 59.7 Å². The molecule has 0 radical (unpaired) electrons. The average molecular weight is 653 g/mol. The summed E-state index contributed by atoms with van der Waals surface area (Å²) in [5.41, 5.74) is 13.6. The van der Waals surface area contributed by atoms with Crippen molar-refractivity contribution in [3.8, 4) is 28.1 Å². The highest BCUT2D eigenvalue weighted by Gasteiger charge is 2.25. The van der Waals surface area contributed by atoms with E-state index in [1.165, 1.54) is 21.9 Å². The number of aromatic nitrogens is 1. The molecule has 0 aliphatic carbocycles. The van der Waals surface area contributed by atoms with Gasteiger partial charge >= 0.3 is 5.97 Å². The van der Waals surface area contributed by atoms with E-state index in [1.807, 2.05) is 79.8 Å².